The van der Waals surface area contributed by atoms with Crippen molar-refractivity contribution in [1.82, 2.24) is 19.9 Å². The number of nitrogens with zero attached hydrogens (tertiary/aromatic N) is 4. The van der Waals surface area contributed by atoms with Gasteiger partial charge in [0.15, 0.2) is 0 Å². The summed E-state index contributed by atoms with van der Waals surface area (Å²) in [4.78, 5) is 25.4. The lowest BCUT2D eigenvalue weighted by molar-refractivity contribution is -0.107. The Morgan fingerprint density at radius 2 is 1.94 bits per heavy atom. The van der Waals surface area contributed by atoms with E-state index < -0.39 is 0 Å². The standard InChI is InChI=1S/C21H21Cl2N5.C3H6O/c1-28-7-3-5-15(13-28)21-26-19(14-4-2-6-24-12-14)11-20(27-21)25-18-9-16(22)8-17(23)10-18;1-2-3-4/h2,4,6,8-12,15H,3,5,7,13H2,1H3,(H,25,26,27);3H,2H2,1H3. The summed E-state index contributed by atoms with van der Waals surface area (Å²) in [5.74, 6) is 1.87. The van der Waals surface area contributed by atoms with Crippen molar-refractivity contribution in [2.45, 2.75) is 32.1 Å². The summed E-state index contributed by atoms with van der Waals surface area (Å²) in [6.07, 6.45) is 7.32. The maximum atomic E-state index is 9.17. The van der Waals surface area contributed by atoms with Crippen LogP contribution in [-0.4, -0.2) is 46.3 Å². The molecule has 168 valence electrons. The Labute approximate surface area is 199 Å². The molecule has 1 aromatic carbocycles. The lowest BCUT2D eigenvalue weighted by Crippen LogP contribution is -2.31. The lowest BCUT2D eigenvalue weighted by atomic mass is 9.97. The highest BCUT2D eigenvalue weighted by Gasteiger charge is 2.22. The molecule has 1 atom stereocenters. The van der Waals surface area contributed by atoms with Gasteiger partial charge in [-0.15, -0.1) is 0 Å². The van der Waals surface area contributed by atoms with Crippen molar-refractivity contribution >= 4 is 41.0 Å². The number of nitrogens with one attached hydrogen (secondary N) is 1. The first-order chi connectivity index (χ1) is 15.5. The summed E-state index contributed by atoms with van der Waals surface area (Å²) in [6, 6.07) is 11.2. The molecule has 0 radical (unpaired) electrons. The van der Waals surface area contributed by atoms with Crippen LogP contribution in [0.4, 0.5) is 11.5 Å². The minimum absolute atomic E-state index is 0.305. The van der Waals surface area contributed by atoms with Gasteiger partial charge in [0.05, 0.1) is 5.69 Å². The Morgan fingerprint density at radius 1 is 1.19 bits per heavy atom. The van der Waals surface area contributed by atoms with Crippen LogP contribution in [-0.2, 0) is 4.79 Å². The summed E-state index contributed by atoms with van der Waals surface area (Å²) in [6.45, 7) is 3.89. The predicted octanol–water partition coefficient (Wildman–Crippen LogP) is 5.99. The fourth-order valence-corrected chi connectivity index (χ4v) is 4.05. The number of carbonyl (C=O) groups excluding carboxylic acids is 1. The van der Waals surface area contributed by atoms with Gasteiger partial charge < -0.3 is 15.0 Å². The van der Waals surface area contributed by atoms with Crippen molar-refractivity contribution in [1.29, 1.82) is 0 Å². The SMILES string of the molecule is CCC=O.CN1CCCC(c2nc(Nc3cc(Cl)cc(Cl)c3)cc(-c3cccnc3)n2)C1. The van der Waals surface area contributed by atoms with E-state index in [2.05, 4.69) is 22.2 Å². The van der Waals surface area contributed by atoms with E-state index in [1.54, 1.807) is 12.3 Å². The molecule has 1 aliphatic heterocycles. The molecular formula is C24H27Cl2N5O. The van der Waals surface area contributed by atoms with Gasteiger partial charge in [-0.25, -0.2) is 9.97 Å². The molecule has 8 heteroatoms. The van der Waals surface area contributed by atoms with Crippen LogP contribution < -0.4 is 5.32 Å². The topological polar surface area (TPSA) is 71.0 Å². The number of halogens is 2. The molecule has 4 rings (SSSR count). The van der Waals surface area contributed by atoms with Crippen LogP contribution in [0, 0.1) is 0 Å². The van der Waals surface area contributed by atoms with E-state index in [9.17, 15) is 4.79 Å². The number of pyridine rings is 1. The van der Waals surface area contributed by atoms with Crippen molar-refractivity contribution in [2.24, 2.45) is 0 Å². The van der Waals surface area contributed by atoms with Crippen LogP contribution in [0.15, 0.2) is 48.8 Å². The summed E-state index contributed by atoms with van der Waals surface area (Å²) < 4.78 is 0. The number of piperidine rings is 1. The van der Waals surface area contributed by atoms with Gasteiger partial charge in [0.25, 0.3) is 0 Å². The number of carbonyl (C=O) groups is 1. The van der Waals surface area contributed by atoms with E-state index in [0.29, 0.717) is 22.4 Å². The van der Waals surface area contributed by atoms with Crippen molar-refractivity contribution < 1.29 is 4.79 Å². The van der Waals surface area contributed by atoms with Gasteiger partial charge >= 0.3 is 0 Å². The number of aldehydes is 1. The first kappa shape index (κ1) is 24.1. The average Bonchev–Trinajstić information content (AvgIpc) is 2.79. The van der Waals surface area contributed by atoms with Crippen LogP contribution in [0.25, 0.3) is 11.3 Å². The molecule has 1 aliphatic rings. The maximum Gasteiger partial charge on any atom is 0.135 e. The molecular weight excluding hydrogens is 445 g/mol. The third-order valence-corrected chi connectivity index (χ3v) is 5.43. The summed E-state index contributed by atoms with van der Waals surface area (Å²) >= 11 is 12.3. The highest BCUT2D eigenvalue weighted by molar-refractivity contribution is 6.35. The average molecular weight is 472 g/mol. The van der Waals surface area contributed by atoms with Crippen LogP contribution in [0.3, 0.4) is 0 Å². The first-order valence-corrected chi connectivity index (χ1v) is 11.4. The molecule has 6 nitrogen and oxygen atoms in total. The van der Waals surface area contributed by atoms with E-state index in [4.69, 9.17) is 33.2 Å². The zero-order chi connectivity index (χ0) is 22.9. The molecule has 1 fully saturated rings. The second-order valence-electron chi connectivity index (χ2n) is 7.70. The van der Waals surface area contributed by atoms with Gasteiger partial charge in [-0.05, 0) is 56.8 Å². The van der Waals surface area contributed by atoms with Gasteiger partial charge in [-0.2, -0.15) is 0 Å². The van der Waals surface area contributed by atoms with Crippen molar-refractivity contribution in [3.05, 3.63) is 64.7 Å². The van der Waals surface area contributed by atoms with Crippen molar-refractivity contribution in [2.75, 3.05) is 25.5 Å². The number of benzene rings is 1. The van der Waals surface area contributed by atoms with Gasteiger partial charge in [0, 0.05) is 58.6 Å². The summed E-state index contributed by atoms with van der Waals surface area (Å²) in [5.41, 5.74) is 2.60. The van der Waals surface area contributed by atoms with Gasteiger partial charge in [0.2, 0.25) is 0 Å². The number of anilines is 2. The van der Waals surface area contributed by atoms with E-state index in [1.807, 2.05) is 43.5 Å². The zero-order valence-electron chi connectivity index (χ0n) is 18.3. The highest BCUT2D eigenvalue weighted by atomic mass is 35.5. The molecule has 32 heavy (non-hydrogen) atoms. The minimum atomic E-state index is 0.305. The fraction of sp³-hybridized carbons (Fsp3) is 0.333. The lowest BCUT2D eigenvalue weighted by Gasteiger charge is -2.29. The highest BCUT2D eigenvalue weighted by Crippen LogP contribution is 2.30. The van der Waals surface area contributed by atoms with E-state index in [0.717, 1.165) is 60.8 Å². The summed E-state index contributed by atoms with van der Waals surface area (Å²) in [5, 5.41) is 4.48. The molecule has 0 aliphatic carbocycles. The Hall–Kier alpha value is -2.54. The zero-order valence-corrected chi connectivity index (χ0v) is 19.8. The van der Waals surface area contributed by atoms with E-state index in [1.165, 1.54) is 0 Å². The Kier molecular flexibility index (Phi) is 8.97. The van der Waals surface area contributed by atoms with Crippen LogP contribution >= 0.6 is 23.2 Å². The normalized spacial score (nSPS) is 16.1. The molecule has 0 bridgehead atoms. The molecule has 0 amide bonds. The molecule has 0 saturated carbocycles. The number of likely N-dealkylation sites (N-methyl/N-ethyl adjacent to an activating group) is 1. The molecule has 1 saturated heterocycles. The Bertz CT molecular complexity index is 1010. The number of likely N-dealkylation sites (tertiary alicyclic amines) is 1. The number of hydrogen-bond acceptors (Lipinski definition) is 6. The quantitative estimate of drug-likeness (QED) is 0.460. The Balaban J connectivity index is 0.000000668. The van der Waals surface area contributed by atoms with E-state index >= 15 is 0 Å². The van der Waals surface area contributed by atoms with E-state index in [-0.39, 0.29) is 0 Å². The molecule has 1 unspecified atom stereocenters. The van der Waals surface area contributed by atoms with Crippen LogP contribution in [0.5, 0.6) is 0 Å². The third kappa shape index (κ3) is 6.99. The predicted molar refractivity (Wildman–Crippen MR) is 131 cm³/mol. The number of rotatable bonds is 5. The maximum absolute atomic E-state index is 9.17. The number of aromatic nitrogens is 3. The molecule has 3 heterocycles. The van der Waals surface area contributed by atoms with Crippen molar-refractivity contribution in [3.63, 3.8) is 0 Å². The first-order valence-electron chi connectivity index (χ1n) is 10.6. The fourth-order valence-electron chi connectivity index (χ4n) is 3.53. The minimum Gasteiger partial charge on any atom is -0.340 e. The largest absolute Gasteiger partial charge is 0.340 e. The van der Waals surface area contributed by atoms with Gasteiger partial charge in [0.1, 0.15) is 17.9 Å². The van der Waals surface area contributed by atoms with Gasteiger partial charge in [-0.1, -0.05) is 30.1 Å². The monoisotopic (exact) mass is 471 g/mol. The van der Waals surface area contributed by atoms with Crippen LogP contribution in [0.2, 0.25) is 10.0 Å². The van der Waals surface area contributed by atoms with Crippen molar-refractivity contribution in [3.8, 4) is 11.3 Å². The molecule has 0 spiro atoms. The third-order valence-electron chi connectivity index (χ3n) is 4.99. The van der Waals surface area contributed by atoms with Gasteiger partial charge in [-0.3, -0.25) is 4.98 Å². The number of hydrogen-bond donors (Lipinski definition) is 1. The van der Waals surface area contributed by atoms with Crippen LogP contribution in [0.1, 0.15) is 37.9 Å². The second kappa shape index (κ2) is 11.9. The Morgan fingerprint density at radius 3 is 2.56 bits per heavy atom. The molecule has 1 N–H and O–H groups in total. The second-order valence-corrected chi connectivity index (χ2v) is 8.57. The molecule has 2 aromatic heterocycles. The summed E-state index contributed by atoms with van der Waals surface area (Å²) in [7, 11) is 2.14. The smallest absolute Gasteiger partial charge is 0.135 e. The molecule has 3 aromatic rings.